The average molecular weight is 201 g/mol. The molecule has 3 heteroatoms. The summed E-state index contributed by atoms with van der Waals surface area (Å²) in [5, 5.41) is 0. The van der Waals surface area contributed by atoms with Crippen LogP contribution in [0.4, 0.5) is 0 Å². The van der Waals surface area contributed by atoms with Crippen molar-refractivity contribution in [3.63, 3.8) is 0 Å². The number of nitrogens with two attached hydrogens (primary N) is 2. The van der Waals surface area contributed by atoms with Gasteiger partial charge in [0.15, 0.2) is 0 Å². The van der Waals surface area contributed by atoms with Crippen LogP contribution in [0.25, 0.3) is 0 Å². The number of hydrogen-bond donors (Lipinski definition) is 2. The molecule has 0 saturated heterocycles. The van der Waals surface area contributed by atoms with Gasteiger partial charge in [0.2, 0.25) is 0 Å². The van der Waals surface area contributed by atoms with Crippen molar-refractivity contribution < 1.29 is 19.5 Å². The maximum absolute atomic E-state index is 5.47. The molecule has 0 fully saturated rings. The molecular formula is C8H11N2Zn-. The maximum Gasteiger partial charge on any atom is 0.0315 e. The fourth-order valence-corrected chi connectivity index (χ4v) is 0.894. The molecule has 0 aliphatic carbocycles. The minimum atomic E-state index is -0.377. The Hall–Kier alpha value is -0.237. The van der Waals surface area contributed by atoms with Crippen molar-refractivity contribution in [2.45, 2.75) is 13.1 Å². The molecule has 0 heterocycles. The summed E-state index contributed by atoms with van der Waals surface area (Å²) in [5.41, 5.74) is 12.9. The maximum atomic E-state index is 5.47. The predicted molar refractivity (Wildman–Crippen MR) is 41.1 cm³/mol. The first-order valence-corrected chi connectivity index (χ1v) is 3.20. The molecule has 0 aliphatic rings. The number of benzene rings is 1. The fourth-order valence-electron chi connectivity index (χ4n) is 0.894. The SMILES string of the molecule is Cc1[c-]cccc1C(N)N.[Zn]. The van der Waals surface area contributed by atoms with E-state index >= 15 is 0 Å². The minimum Gasteiger partial charge on any atom is -0.322 e. The van der Waals surface area contributed by atoms with Crippen LogP contribution in [0.3, 0.4) is 0 Å². The van der Waals surface area contributed by atoms with Gasteiger partial charge in [0, 0.05) is 25.6 Å². The van der Waals surface area contributed by atoms with E-state index in [0.29, 0.717) is 0 Å². The Labute approximate surface area is 79.7 Å². The van der Waals surface area contributed by atoms with Crippen LogP contribution in [0.15, 0.2) is 18.2 Å². The van der Waals surface area contributed by atoms with Crippen LogP contribution in [-0.4, -0.2) is 0 Å². The predicted octanol–water partition coefficient (Wildman–Crippen LogP) is 0.709. The van der Waals surface area contributed by atoms with E-state index in [1.54, 1.807) is 0 Å². The third-order valence-electron chi connectivity index (χ3n) is 1.46. The van der Waals surface area contributed by atoms with Gasteiger partial charge in [-0.1, -0.05) is 6.92 Å². The molecule has 0 bridgehead atoms. The summed E-state index contributed by atoms with van der Waals surface area (Å²) in [4.78, 5) is 0. The second-order valence-corrected chi connectivity index (χ2v) is 2.28. The Kier molecular flexibility index (Phi) is 4.50. The van der Waals surface area contributed by atoms with Gasteiger partial charge in [0.05, 0.1) is 0 Å². The van der Waals surface area contributed by atoms with Crippen molar-refractivity contribution in [1.29, 1.82) is 0 Å². The van der Waals surface area contributed by atoms with Crippen molar-refractivity contribution in [3.8, 4) is 0 Å². The number of aryl methyl sites for hydroxylation is 1. The van der Waals surface area contributed by atoms with Gasteiger partial charge < -0.3 is 11.5 Å². The summed E-state index contributed by atoms with van der Waals surface area (Å²) in [6.07, 6.45) is -0.377. The van der Waals surface area contributed by atoms with Crippen molar-refractivity contribution in [3.05, 3.63) is 35.4 Å². The van der Waals surface area contributed by atoms with Gasteiger partial charge in [-0.2, -0.15) is 29.8 Å². The number of rotatable bonds is 1. The van der Waals surface area contributed by atoms with Gasteiger partial charge >= 0.3 is 0 Å². The number of hydrogen-bond acceptors (Lipinski definition) is 2. The van der Waals surface area contributed by atoms with Gasteiger partial charge in [0.25, 0.3) is 0 Å². The zero-order chi connectivity index (χ0) is 7.56. The molecule has 0 aromatic heterocycles. The standard InChI is InChI=1S/C8H11N2.Zn/c1-6-4-2-3-5-7(6)8(9)10;/h2-3,5,8H,9-10H2,1H3;/q-1;. The Balaban J connectivity index is 0.000001000. The van der Waals surface area contributed by atoms with Crippen LogP contribution in [0, 0.1) is 13.0 Å². The van der Waals surface area contributed by atoms with Crippen LogP contribution in [0.1, 0.15) is 17.3 Å². The molecule has 0 saturated carbocycles. The first-order chi connectivity index (χ1) is 4.72. The molecule has 0 radical (unpaired) electrons. The van der Waals surface area contributed by atoms with E-state index < -0.39 is 0 Å². The van der Waals surface area contributed by atoms with Crippen molar-refractivity contribution in [1.82, 2.24) is 0 Å². The fraction of sp³-hybridized carbons (Fsp3) is 0.250. The Morgan fingerprint density at radius 3 is 2.45 bits per heavy atom. The summed E-state index contributed by atoms with van der Waals surface area (Å²) >= 11 is 0. The Bertz CT molecular complexity index is 223. The first kappa shape index (κ1) is 10.8. The third-order valence-corrected chi connectivity index (χ3v) is 1.46. The Morgan fingerprint density at radius 2 is 2.09 bits per heavy atom. The van der Waals surface area contributed by atoms with E-state index in [-0.39, 0.29) is 25.6 Å². The summed E-state index contributed by atoms with van der Waals surface area (Å²) < 4.78 is 0. The quantitative estimate of drug-likeness (QED) is 0.399. The van der Waals surface area contributed by atoms with E-state index in [1.165, 1.54) is 0 Å². The topological polar surface area (TPSA) is 52.0 Å². The minimum absolute atomic E-state index is 0. The molecule has 0 unspecified atom stereocenters. The largest absolute Gasteiger partial charge is 0.322 e. The molecule has 0 amide bonds. The molecule has 1 rings (SSSR count). The zero-order valence-electron chi connectivity index (χ0n) is 6.67. The van der Waals surface area contributed by atoms with E-state index in [4.69, 9.17) is 11.5 Å². The molecule has 2 nitrogen and oxygen atoms in total. The molecule has 0 atom stereocenters. The van der Waals surface area contributed by atoms with Crippen LogP contribution >= 0.6 is 0 Å². The second-order valence-electron chi connectivity index (χ2n) is 2.28. The van der Waals surface area contributed by atoms with Crippen molar-refractivity contribution in [2.24, 2.45) is 11.5 Å². The van der Waals surface area contributed by atoms with Gasteiger partial charge in [-0.3, -0.25) is 0 Å². The van der Waals surface area contributed by atoms with E-state index in [9.17, 15) is 0 Å². The molecule has 11 heavy (non-hydrogen) atoms. The van der Waals surface area contributed by atoms with E-state index in [0.717, 1.165) is 11.1 Å². The average Bonchev–Trinajstić information content (AvgIpc) is 1.88. The monoisotopic (exact) mass is 199 g/mol. The summed E-state index contributed by atoms with van der Waals surface area (Å²) in [6, 6.07) is 8.67. The van der Waals surface area contributed by atoms with Crippen LogP contribution in [-0.2, 0) is 19.5 Å². The third kappa shape index (κ3) is 2.70. The van der Waals surface area contributed by atoms with Crippen LogP contribution in [0.2, 0.25) is 0 Å². The molecule has 1 aromatic carbocycles. The van der Waals surface area contributed by atoms with Crippen LogP contribution < -0.4 is 11.5 Å². The normalized spacial score (nSPS) is 9.45. The van der Waals surface area contributed by atoms with E-state index in [1.807, 2.05) is 25.1 Å². The smallest absolute Gasteiger partial charge is 0.0315 e. The van der Waals surface area contributed by atoms with Gasteiger partial charge in [0.1, 0.15) is 0 Å². The van der Waals surface area contributed by atoms with Crippen LogP contribution in [0.5, 0.6) is 0 Å². The van der Waals surface area contributed by atoms with Crippen molar-refractivity contribution >= 4 is 0 Å². The summed E-state index contributed by atoms with van der Waals surface area (Å²) in [6.45, 7) is 1.95. The second kappa shape index (κ2) is 4.60. The molecule has 4 N–H and O–H groups in total. The molecular weight excluding hydrogens is 189 g/mol. The van der Waals surface area contributed by atoms with Gasteiger partial charge in [-0.25, -0.2) is 0 Å². The van der Waals surface area contributed by atoms with Gasteiger partial charge in [-0.05, 0) is 0 Å². The van der Waals surface area contributed by atoms with Crippen molar-refractivity contribution in [2.75, 3.05) is 0 Å². The Morgan fingerprint density at radius 1 is 1.45 bits per heavy atom. The molecule has 1 aromatic rings. The summed E-state index contributed by atoms with van der Waals surface area (Å²) in [7, 11) is 0. The molecule has 0 aliphatic heterocycles. The molecule has 56 valence electrons. The van der Waals surface area contributed by atoms with E-state index in [2.05, 4.69) is 6.07 Å². The molecule has 0 spiro atoms. The summed E-state index contributed by atoms with van der Waals surface area (Å²) in [5.74, 6) is 0. The first-order valence-electron chi connectivity index (χ1n) is 3.20. The van der Waals surface area contributed by atoms with Gasteiger partial charge in [-0.15, -0.1) is 5.56 Å². The zero-order valence-corrected chi connectivity index (χ0v) is 9.64.